The predicted octanol–water partition coefficient (Wildman–Crippen LogP) is 4.43. The van der Waals surface area contributed by atoms with Crippen molar-refractivity contribution in [1.29, 1.82) is 0 Å². The molecule has 3 heteroatoms. The molecule has 2 aliphatic rings. The number of fused-ring (bicyclic) bond motifs is 2. The zero-order valence-corrected chi connectivity index (χ0v) is 15.5. The molecule has 0 saturated carbocycles. The fraction of sp³-hybridized carbons (Fsp3) is 0.667. The lowest BCUT2D eigenvalue weighted by Crippen LogP contribution is -2.48. The third-order valence-corrected chi connectivity index (χ3v) is 6.41. The Kier molecular flexibility index (Phi) is 5.29. The van der Waals surface area contributed by atoms with Gasteiger partial charge in [0.05, 0.1) is 6.04 Å². The van der Waals surface area contributed by atoms with E-state index in [4.69, 9.17) is 0 Å². The van der Waals surface area contributed by atoms with Crippen LogP contribution in [0.2, 0.25) is 0 Å². The van der Waals surface area contributed by atoms with Gasteiger partial charge in [0.25, 0.3) is 0 Å². The van der Waals surface area contributed by atoms with Crippen molar-refractivity contribution in [3.05, 3.63) is 35.4 Å². The number of hydrogen-bond donors (Lipinski definition) is 1. The minimum absolute atomic E-state index is 0. The third kappa shape index (κ3) is 3.23. The summed E-state index contributed by atoms with van der Waals surface area (Å²) < 4.78 is 0. The van der Waals surface area contributed by atoms with Crippen LogP contribution in [0.3, 0.4) is 0 Å². The Hall–Kier alpha value is -1.35. The summed E-state index contributed by atoms with van der Waals surface area (Å²) >= 11 is 0. The van der Waals surface area contributed by atoms with Crippen molar-refractivity contribution in [3.8, 4) is 0 Å². The maximum absolute atomic E-state index is 11.6. The number of piperidine rings is 1. The van der Waals surface area contributed by atoms with Crippen LogP contribution < -0.4 is 5.32 Å². The van der Waals surface area contributed by atoms with Gasteiger partial charge in [-0.1, -0.05) is 38.1 Å². The van der Waals surface area contributed by atoms with Crippen LogP contribution in [0.1, 0.15) is 77.9 Å². The summed E-state index contributed by atoms with van der Waals surface area (Å²) in [5.74, 6) is 0.0781. The molecule has 1 atom stereocenters. The molecule has 1 heterocycles. The van der Waals surface area contributed by atoms with Crippen LogP contribution >= 0.6 is 0 Å². The highest BCUT2D eigenvalue weighted by molar-refractivity contribution is 5.73. The highest BCUT2D eigenvalue weighted by Gasteiger charge is 2.42. The standard InChI is InChI=1S/C21H32N2O.H2/c1-4-17(5-2)23-14-12-21(13-15-23)11-10-20(22-16(3)24)18-8-6-7-9-19(18)21;/h6-9,17,20H,4-5,10-15H2,1-3H3,(H,22,24);1H/t20-;/m0./s1. The van der Waals surface area contributed by atoms with E-state index in [2.05, 4.69) is 48.3 Å². The second kappa shape index (κ2) is 7.26. The van der Waals surface area contributed by atoms with Crippen molar-refractivity contribution >= 4 is 5.91 Å². The molecule has 134 valence electrons. The minimum atomic E-state index is 0. The van der Waals surface area contributed by atoms with Gasteiger partial charge < -0.3 is 10.2 Å². The summed E-state index contributed by atoms with van der Waals surface area (Å²) in [7, 11) is 0. The van der Waals surface area contributed by atoms with Gasteiger partial charge in [-0.25, -0.2) is 0 Å². The largest absolute Gasteiger partial charge is 0.350 e. The molecule has 0 radical (unpaired) electrons. The molecule has 3 rings (SSSR count). The Morgan fingerprint density at radius 2 is 1.92 bits per heavy atom. The Balaban J connectivity index is 0.00000225. The lowest BCUT2D eigenvalue weighted by molar-refractivity contribution is -0.119. The lowest BCUT2D eigenvalue weighted by Gasteiger charge is -2.48. The van der Waals surface area contributed by atoms with Crippen molar-refractivity contribution < 1.29 is 6.22 Å². The first-order chi connectivity index (χ1) is 11.6. The van der Waals surface area contributed by atoms with E-state index >= 15 is 0 Å². The summed E-state index contributed by atoms with van der Waals surface area (Å²) in [6, 6.07) is 9.77. The molecule has 1 saturated heterocycles. The first kappa shape index (κ1) is 17.5. The normalized spacial score (nSPS) is 23.2. The molecular formula is C21H34N2O. The number of nitrogens with one attached hydrogen (secondary N) is 1. The molecule has 3 nitrogen and oxygen atoms in total. The topological polar surface area (TPSA) is 32.3 Å². The number of benzene rings is 1. The van der Waals surface area contributed by atoms with E-state index < -0.39 is 0 Å². The van der Waals surface area contributed by atoms with Crippen LogP contribution in [0, 0.1) is 0 Å². The second-order valence-corrected chi connectivity index (χ2v) is 7.67. The van der Waals surface area contributed by atoms with Gasteiger partial charge in [0, 0.05) is 14.4 Å². The molecule has 1 aromatic carbocycles. The molecule has 24 heavy (non-hydrogen) atoms. The van der Waals surface area contributed by atoms with Crippen LogP contribution in [-0.2, 0) is 10.2 Å². The van der Waals surface area contributed by atoms with Crippen LogP contribution in [0.15, 0.2) is 24.3 Å². The molecular weight excluding hydrogens is 296 g/mol. The van der Waals surface area contributed by atoms with Crippen LogP contribution in [-0.4, -0.2) is 29.9 Å². The van der Waals surface area contributed by atoms with Crippen LogP contribution in [0.5, 0.6) is 0 Å². The fourth-order valence-corrected chi connectivity index (χ4v) is 5.03. The zero-order chi connectivity index (χ0) is 17.2. The summed E-state index contributed by atoms with van der Waals surface area (Å²) in [5.41, 5.74) is 3.18. The number of nitrogens with zero attached hydrogens (tertiary/aromatic N) is 1. The third-order valence-electron chi connectivity index (χ3n) is 6.41. The van der Waals surface area contributed by atoms with E-state index in [1.807, 2.05) is 0 Å². The van der Waals surface area contributed by atoms with Crippen LogP contribution in [0.4, 0.5) is 0 Å². The Morgan fingerprint density at radius 1 is 1.25 bits per heavy atom. The Morgan fingerprint density at radius 3 is 2.54 bits per heavy atom. The van der Waals surface area contributed by atoms with E-state index in [1.165, 1.54) is 56.3 Å². The summed E-state index contributed by atoms with van der Waals surface area (Å²) in [5, 5.41) is 3.16. The average Bonchev–Trinajstić information content (AvgIpc) is 2.60. The SMILES string of the molecule is CCC(CC)N1CCC2(CC[C@H](NC(C)=O)c3ccccc32)CC1.[HH]. The Labute approximate surface area is 148 Å². The quantitative estimate of drug-likeness (QED) is 0.886. The number of rotatable bonds is 4. The van der Waals surface area contributed by atoms with Crippen molar-refractivity contribution in [2.24, 2.45) is 0 Å². The molecule has 0 aromatic heterocycles. The molecule has 1 aromatic rings. The first-order valence-corrected chi connectivity index (χ1v) is 9.70. The number of carbonyl (C=O) groups excluding carboxylic acids is 1. The van der Waals surface area contributed by atoms with Gasteiger partial charge in [0.2, 0.25) is 5.91 Å². The summed E-state index contributed by atoms with van der Waals surface area (Å²) in [4.78, 5) is 14.3. The van der Waals surface area contributed by atoms with Gasteiger partial charge in [0.1, 0.15) is 0 Å². The second-order valence-electron chi connectivity index (χ2n) is 7.67. The van der Waals surface area contributed by atoms with Crippen molar-refractivity contribution in [3.63, 3.8) is 0 Å². The van der Waals surface area contributed by atoms with E-state index in [9.17, 15) is 4.79 Å². The monoisotopic (exact) mass is 330 g/mol. The van der Waals surface area contributed by atoms with E-state index in [-0.39, 0.29) is 13.4 Å². The van der Waals surface area contributed by atoms with Gasteiger partial charge >= 0.3 is 0 Å². The molecule has 0 bridgehead atoms. The summed E-state index contributed by atoms with van der Waals surface area (Å²) in [6.07, 6.45) is 7.29. The smallest absolute Gasteiger partial charge is 0.217 e. The number of carbonyl (C=O) groups is 1. The van der Waals surface area contributed by atoms with Crippen LogP contribution in [0.25, 0.3) is 0 Å². The summed E-state index contributed by atoms with van der Waals surface area (Å²) in [6.45, 7) is 8.68. The van der Waals surface area contributed by atoms with Gasteiger partial charge in [-0.3, -0.25) is 4.79 Å². The van der Waals surface area contributed by atoms with Crippen molar-refractivity contribution in [2.75, 3.05) is 13.1 Å². The average molecular weight is 331 g/mol. The number of likely N-dealkylation sites (tertiary alicyclic amines) is 1. The predicted molar refractivity (Wildman–Crippen MR) is 101 cm³/mol. The molecule has 0 unspecified atom stereocenters. The van der Waals surface area contributed by atoms with Crippen molar-refractivity contribution in [1.82, 2.24) is 10.2 Å². The highest BCUT2D eigenvalue weighted by Crippen LogP contribution is 2.48. The molecule has 1 fully saturated rings. The highest BCUT2D eigenvalue weighted by atomic mass is 16.1. The molecule has 1 N–H and O–H groups in total. The maximum atomic E-state index is 11.6. The van der Waals surface area contributed by atoms with Gasteiger partial charge in [-0.15, -0.1) is 0 Å². The Bertz CT molecular complexity index is 577. The van der Waals surface area contributed by atoms with E-state index in [0.29, 0.717) is 5.41 Å². The zero-order valence-electron chi connectivity index (χ0n) is 15.5. The van der Waals surface area contributed by atoms with Gasteiger partial charge in [-0.05, 0) is 68.2 Å². The molecule has 1 amide bonds. The minimum Gasteiger partial charge on any atom is -0.350 e. The first-order valence-electron chi connectivity index (χ1n) is 9.70. The van der Waals surface area contributed by atoms with E-state index in [1.54, 1.807) is 6.92 Å². The van der Waals surface area contributed by atoms with Gasteiger partial charge in [-0.2, -0.15) is 0 Å². The molecule has 1 spiro atoms. The van der Waals surface area contributed by atoms with E-state index in [0.717, 1.165) is 12.5 Å². The maximum Gasteiger partial charge on any atom is 0.217 e. The lowest BCUT2D eigenvalue weighted by atomic mass is 9.63. The van der Waals surface area contributed by atoms with Crippen molar-refractivity contribution in [2.45, 2.75) is 76.8 Å². The molecule has 1 aliphatic heterocycles. The number of hydrogen-bond acceptors (Lipinski definition) is 2. The fourth-order valence-electron chi connectivity index (χ4n) is 5.03. The molecule has 1 aliphatic carbocycles. The van der Waals surface area contributed by atoms with Gasteiger partial charge in [0.15, 0.2) is 0 Å². The number of amides is 1.